The van der Waals surface area contributed by atoms with Crippen molar-refractivity contribution in [2.45, 2.75) is 18.9 Å². The van der Waals surface area contributed by atoms with Crippen LogP contribution in [0.1, 0.15) is 23.7 Å². The molecule has 0 aromatic heterocycles. The molecule has 0 bridgehead atoms. The minimum absolute atomic E-state index is 0.366. The van der Waals surface area contributed by atoms with Gasteiger partial charge in [-0.25, -0.2) is 4.39 Å². The van der Waals surface area contributed by atoms with E-state index in [2.05, 4.69) is 0 Å². The van der Waals surface area contributed by atoms with Crippen LogP contribution in [-0.2, 0) is 6.42 Å². The molecule has 2 aromatic carbocycles. The van der Waals surface area contributed by atoms with E-state index in [9.17, 15) is 9.50 Å². The van der Waals surface area contributed by atoms with E-state index in [0.717, 1.165) is 12.0 Å². The molecule has 0 amide bonds. The number of aryl methyl sites for hydroxylation is 1. The van der Waals surface area contributed by atoms with Gasteiger partial charge in [0, 0.05) is 5.56 Å². The van der Waals surface area contributed by atoms with Crippen molar-refractivity contribution < 1.29 is 14.2 Å². The lowest BCUT2D eigenvalue weighted by Crippen LogP contribution is -2.03. The van der Waals surface area contributed by atoms with E-state index in [4.69, 9.17) is 4.74 Å². The highest BCUT2D eigenvalue weighted by molar-refractivity contribution is 5.35. The van der Waals surface area contributed by atoms with Crippen LogP contribution < -0.4 is 4.74 Å². The highest BCUT2D eigenvalue weighted by atomic mass is 19.1. The summed E-state index contributed by atoms with van der Waals surface area (Å²) in [5.74, 6) is 0.150. The molecule has 100 valence electrons. The van der Waals surface area contributed by atoms with Crippen molar-refractivity contribution in [2.24, 2.45) is 0 Å². The highest BCUT2D eigenvalue weighted by Crippen LogP contribution is 2.28. The molecule has 19 heavy (non-hydrogen) atoms. The van der Waals surface area contributed by atoms with Crippen molar-refractivity contribution in [3.05, 3.63) is 65.5 Å². The summed E-state index contributed by atoms with van der Waals surface area (Å²) >= 11 is 0. The van der Waals surface area contributed by atoms with Crippen LogP contribution in [0.4, 0.5) is 4.39 Å². The van der Waals surface area contributed by atoms with Crippen LogP contribution in [-0.4, -0.2) is 12.2 Å². The fraction of sp³-hybridized carbons (Fsp3) is 0.250. The zero-order chi connectivity index (χ0) is 13.7. The van der Waals surface area contributed by atoms with E-state index in [1.54, 1.807) is 0 Å². The van der Waals surface area contributed by atoms with Crippen LogP contribution in [0.3, 0.4) is 0 Å². The molecular formula is C16H17FO2. The van der Waals surface area contributed by atoms with Crippen molar-refractivity contribution in [1.29, 1.82) is 0 Å². The van der Waals surface area contributed by atoms with Crippen LogP contribution in [0, 0.1) is 5.82 Å². The smallest absolute Gasteiger partial charge is 0.124 e. The summed E-state index contributed by atoms with van der Waals surface area (Å²) in [5, 5.41) is 10.2. The van der Waals surface area contributed by atoms with Gasteiger partial charge in [-0.2, -0.15) is 0 Å². The Balaban J connectivity index is 2.07. The minimum atomic E-state index is -0.731. The lowest BCUT2D eigenvalue weighted by molar-refractivity contribution is 0.163. The van der Waals surface area contributed by atoms with Crippen molar-refractivity contribution in [3.8, 4) is 5.75 Å². The van der Waals surface area contributed by atoms with Gasteiger partial charge in [0.15, 0.2) is 0 Å². The van der Waals surface area contributed by atoms with Gasteiger partial charge in [0.1, 0.15) is 11.6 Å². The summed E-state index contributed by atoms with van der Waals surface area (Å²) in [7, 11) is 1.51. The molecule has 1 N–H and O–H groups in total. The summed E-state index contributed by atoms with van der Waals surface area (Å²) < 4.78 is 18.4. The van der Waals surface area contributed by atoms with Gasteiger partial charge in [0.2, 0.25) is 0 Å². The fourth-order valence-electron chi connectivity index (χ4n) is 2.07. The van der Waals surface area contributed by atoms with E-state index in [1.807, 2.05) is 30.3 Å². The highest BCUT2D eigenvalue weighted by Gasteiger charge is 2.14. The van der Waals surface area contributed by atoms with Gasteiger partial charge in [-0.05, 0) is 36.6 Å². The predicted octanol–water partition coefficient (Wildman–Crippen LogP) is 3.50. The Kier molecular flexibility index (Phi) is 4.53. The lowest BCUT2D eigenvalue weighted by Gasteiger charge is -2.15. The number of aliphatic hydroxyl groups is 1. The molecule has 2 rings (SSSR count). The molecule has 2 nitrogen and oxygen atoms in total. The maximum absolute atomic E-state index is 13.2. The van der Waals surface area contributed by atoms with Gasteiger partial charge >= 0.3 is 0 Å². The fourth-order valence-corrected chi connectivity index (χ4v) is 2.07. The Bertz CT molecular complexity index is 526. The van der Waals surface area contributed by atoms with Gasteiger partial charge in [0.25, 0.3) is 0 Å². The number of hydrogen-bond acceptors (Lipinski definition) is 2. The monoisotopic (exact) mass is 260 g/mol. The third-order valence-corrected chi connectivity index (χ3v) is 3.10. The van der Waals surface area contributed by atoms with Crippen molar-refractivity contribution in [2.75, 3.05) is 7.11 Å². The van der Waals surface area contributed by atoms with E-state index >= 15 is 0 Å². The molecule has 0 saturated heterocycles. The number of ether oxygens (including phenoxy) is 1. The molecule has 0 fully saturated rings. The summed E-state index contributed by atoms with van der Waals surface area (Å²) in [5.41, 5.74) is 1.65. The molecule has 0 heterocycles. The lowest BCUT2D eigenvalue weighted by atomic mass is 10.0. The van der Waals surface area contributed by atoms with Crippen LogP contribution in [0.25, 0.3) is 0 Å². The average Bonchev–Trinajstić information content (AvgIpc) is 2.46. The van der Waals surface area contributed by atoms with E-state index in [0.29, 0.717) is 17.7 Å². The second kappa shape index (κ2) is 6.34. The summed E-state index contributed by atoms with van der Waals surface area (Å²) in [6.45, 7) is 0. The maximum atomic E-state index is 13.2. The first-order chi connectivity index (χ1) is 9.20. The first-order valence-electron chi connectivity index (χ1n) is 6.26. The van der Waals surface area contributed by atoms with Crippen molar-refractivity contribution >= 4 is 0 Å². The molecule has 0 aliphatic carbocycles. The normalized spacial score (nSPS) is 12.2. The van der Waals surface area contributed by atoms with Crippen molar-refractivity contribution in [1.82, 2.24) is 0 Å². The first-order valence-corrected chi connectivity index (χ1v) is 6.26. The minimum Gasteiger partial charge on any atom is -0.496 e. The quantitative estimate of drug-likeness (QED) is 0.891. The Morgan fingerprint density at radius 1 is 1.16 bits per heavy atom. The predicted molar refractivity (Wildman–Crippen MR) is 72.7 cm³/mol. The summed E-state index contributed by atoms with van der Waals surface area (Å²) in [6, 6.07) is 14.1. The SMILES string of the molecule is COc1ccc(F)cc1C(O)CCc1ccccc1. The first kappa shape index (κ1) is 13.6. The number of halogens is 1. The number of rotatable bonds is 5. The zero-order valence-corrected chi connectivity index (χ0v) is 10.8. The van der Waals surface area contributed by atoms with Crippen LogP contribution in [0.5, 0.6) is 5.75 Å². The Hall–Kier alpha value is -1.87. The van der Waals surface area contributed by atoms with Crippen molar-refractivity contribution in [3.63, 3.8) is 0 Å². The zero-order valence-electron chi connectivity index (χ0n) is 10.8. The van der Waals surface area contributed by atoms with Crippen LogP contribution >= 0.6 is 0 Å². The number of hydrogen-bond donors (Lipinski definition) is 1. The largest absolute Gasteiger partial charge is 0.496 e. The molecular weight excluding hydrogens is 243 g/mol. The number of aliphatic hydroxyl groups excluding tert-OH is 1. The molecule has 0 spiro atoms. The van der Waals surface area contributed by atoms with Crippen LogP contribution in [0.2, 0.25) is 0 Å². The summed E-state index contributed by atoms with van der Waals surface area (Å²) in [6.07, 6.45) is 0.539. The molecule has 0 saturated carbocycles. The number of methoxy groups -OCH3 is 1. The van der Waals surface area contributed by atoms with Gasteiger partial charge in [0.05, 0.1) is 13.2 Å². The van der Waals surface area contributed by atoms with E-state index in [-0.39, 0.29) is 5.82 Å². The van der Waals surface area contributed by atoms with Gasteiger partial charge in [-0.15, -0.1) is 0 Å². The third kappa shape index (κ3) is 3.55. The second-order valence-electron chi connectivity index (χ2n) is 4.43. The van der Waals surface area contributed by atoms with E-state index in [1.165, 1.54) is 25.3 Å². The third-order valence-electron chi connectivity index (χ3n) is 3.10. The Morgan fingerprint density at radius 3 is 2.58 bits per heavy atom. The van der Waals surface area contributed by atoms with Gasteiger partial charge in [-0.3, -0.25) is 0 Å². The van der Waals surface area contributed by atoms with Gasteiger partial charge < -0.3 is 9.84 Å². The maximum Gasteiger partial charge on any atom is 0.124 e. The second-order valence-corrected chi connectivity index (χ2v) is 4.43. The molecule has 0 aliphatic heterocycles. The molecule has 1 atom stereocenters. The molecule has 1 unspecified atom stereocenters. The Morgan fingerprint density at radius 2 is 1.89 bits per heavy atom. The average molecular weight is 260 g/mol. The molecule has 3 heteroatoms. The molecule has 0 radical (unpaired) electrons. The molecule has 0 aliphatic rings. The van der Waals surface area contributed by atoms with Crippen LogP contribution in [0.15, 0.2) is 48.5 Å². The van der Waals surface area contributed by atoms with E-state index < -0.39 is 6.10 Å². The Labute approximate surface area is 112 Å². The topological polar surface area (TPSA) is 29.5 Å². The van der Waals surface area contributed by atoms with Gasteiger partial charge in [-0.1, -0.05) is 30.3 Å². The summed E-state index contributed by atoms with van der Waals surface area (Å²) in [4.78, 5) is 0. The standard InChI is InChI=1S/C16H17FO2/c1-19-16-10-8-13(17)11-14(16)15(18)9-7-12-5-3-2-4-6-12/h2-6,8,10-11,15,18H,7,9H2,1H3. The molecule has 2 aromatic rings. The number of benzene rings is 2.